The quantitative estimate of drug-likeness (QED) is 0.578. The predicted molar refractivity (Wildman–Crippen MR) is 76.8 cm³/mol. The fourth-order valence-electron chi connectivity index (χ4n) is 1.89. The molecule has 20 heavy (non-hydrogen) atoms. The maximum atomic E-state index is 12.5. The average molecular weight is 282 g/mol. The van der Waals surface area contributed by atoms with Crippen LogP contribution in [0.2, 0.25) is 0 Å². The molecule has 0 aliphatic heterocycles. The van der Waals surface area contributed by atoms with Crippen LogP contribution in [0.25, 0.3) is 0 Å². The SMILES string of the molecule is COCCN(C(=O)c1ccc(N)c(O)c1)C(C)COC. The molecule has 6 heteroatoms. The van der Waals surface area contributed by atoms with Gasteiger partial charge in [0.2, 0.25) is 0 Å². The Balaban J connectivity index is 2.93. The summed E-state index contributed by atoms with van der Waals surface area (Å²) >= 11 is 0. The van der Waals surface area contributed by atoms with Gasteiger partial charge in [0.25, 0.3) is 5.91 Å². The Morgan fingerprint density at radius 3 is 2.65 bits per heavy atom. The lowest BCUT2D eigenvalue weighted by Crippen LogP contribution is -2.43. The van der Waals surface area contributed by atoms with E-state index in [0.717, 1.165) is 0 Å². The number of rotatable bonds is 7. The molecule has 0 saturated carbocycles. The molecule has 0 bridgehead atoms. The smallest absolute Gasteiger partial charge is 0.254 e. The number of anilines is 1. The van der Waals surface area contributed by atoms with Crippen molar-refractivity contribution in [1.29, 1.82) is 0 Å². The number of benzene rings is 1. The van der Waals surface area contributed by atoms with E-state index < -0.39 is 0 Å². The first-order valence-corrected chi connectivity index (χ1v) is 6.38. The van der Waals surface area contributed by atoms with Gasteiger partial charge in [0.05, 0.1) is 24.9 Å². The first kappa shape index (κ1) is 16.3. The van der Waals surface area contributed by atoms with Gasteiger partial charge in [-0.15, -0.1) is 0 Å². The molecule has 1 aromatic carbocycles. The topological polar surface area (TPSA) is 85.0 Å². The Morgan fingerprint density at radius 1 is 1.40 bits per heavy atom. The van der Waals surface area contributed by atoms with Gasteiger partial charge in [-0.1, -0.05) is 0 Å². The van der Waals surface area contributed by atoms with Crippen molar-refractivity contribution in [3.63, 3.8) is 0 Å². The van der Waals surface area contributed by atoms with E-state index in [0.29, 0.717) is 25.3 Å². The summed E-state index contributed by atoms with van der Waals surface area (Å²) in [6.45, 7) is 3.20. The van der Waals surface area contributed by atoms with Crippen molar-refractivity contribution < 1.29 is 19.4 Å². The molecule has 0 fully saturated rings. The van der Waals surface area contributed by atoms with Crippen molar-refractivity contribution in [2.75, 3.05) is 39.7 Å². The molecule has 0 radical (unpaired) electrons. The van der Waals surface area contributed by atoms with E-state index in [9.17, 15) is 9.90 Å². The van der Waals surface area contributed by atoms with E-state index in [1.165, 1.54) is 12.1 Å². The summed E-state index contributed by atoms with van der Waals surface area (Å²) in [5.41, 5.74) is 6.17. The number of amides is 1. The number of nitrogens with zero attached hydrogens (tertiary/aromatic N) is 1. The van der Waals surface area contributed by atoms with Crippen LogP contribution in [0, 0.1) is 0 Å². The monoisotopic (exact) mass is 282 g/mol. The third kappa shape index (κ3) is 4.11. The molecule has 1 amide bonds. The molecule has 3 N–H and O–H groups in total. The van der Waals surface area contributed by atoms with Crippen molar-refractivity contribution in [2.45, 2.75) is 13.0 Å². The zero-order valence-corrected chi connectivity index (χ0v) is 12.1. The Labute approximate surface area is 119 Å². The molecule has 0 spiro atoms. The molecule has 1 atom stereocenters. The molecular formula is C14H22N2O4. The molecule has 1 unspecified atom stereocenters. The number of nitrogen functional groups attached to an aromatic ring is 1. The first-order chi connectivity index (χ1) is 9.51. The van der Waals surface area contributed by atoms with Gasteiger partial charge in [0, 0.05) is 26.3 Å². The minimum Gasteiger partial charge on any atom is -0.506 e. The van der Waals surface area contributed by atoms with Crippen LogP contribution in [0.5, 0.6) is 5.75 Å². The largest absolute Gasteiger partial charge is 0.506 e. The van der Waals surface area contributed by atoms with E-state index >= 15 is 0 Å². The van der Waals surface area contributed by atoms with Gasteiger partial charge in [0.15, 0.2) is 0 Å². The minimum atomic E-state index is -0.193. The van der Waals surface area contributed by atoms with Gasteiger partial charge in [-0.3, -0.25) is 4.79 Å². The molecule has 0 heterocycles. The predicted octanol–water partition coefficient (Wildman–Crippen LogP) is 1.10. The molecule has 0 aromatic heterocycles. The van der Waals surface area contributed by atoms with E-state index in [1.807, 2.05) is 6.92 Å². The standard InChI is InChI=1S/C14H22N2O4/c1-10(9-20-3)16(6-7-19-2)14(18)11-4-5-12(15)13(17)8-11/h4-5,8,10,17H,6-7,9,15H2,1-3H3. The van der Waals surface area contributed by atoms with E-state index in [1.54, 1.807) is 25.2 Å². The normalized spacial score (nSPS) is 12.2. The number of phenolic OH excluding ortho intramolecular Hbond substituents is 1. The summed E-state index contributed by atoms with van der Waals surface area (Å²) in [5.74, 6) is -0.288. The highest BCUT2D eigenvalue weighted by Crippen LogP contribution is 2.22. The second kappa shape index (κ2) is 7.72. The summed E-state index contributed by atoms with van der Waals surface area (Å²) in [4.78, 5) is 14.1. The zero-order valence-electron chi connectivity index (χ0n) is 12.1. The number of methoxy groups -OCH3 is 2. The van der Waals surface area contributed by atoms with Gasteiger partial charge in [0.1, 0.15) is 5.75 Å². The highest BCUT2D eigenvalue weighted by molar-refractivity contribution is 5.95. The maximum absolute atomic E-state index is 12.5. The minimum absolute atomic E-state index is 0.0951. The fraction of sp³-hybridized carbons (Fsp3) is 0.500. The van der Waals surface area contributed by atoms with Crippen molar-refractivity contribution in [1.82, 2.24) is 4.90 Å². The summed E-state index contributed by atoms with van der Waals surface area (Å²) < 4.78 is 10.1. The number of aromatic hydroxyl groups is 1. The summed E-state index contributed by atoms with van der Waals surface area (Å²) in [5, 5.41) is 9.60. The highest BCUT2D eigenvalue weighted by Gasteiger charge is 2.21. The third-order valence-corrected chi connectivity index (χ3v) is 3.01. The van der Waals surface area contributed by atoms with Crippen LogP contribution in [-0.4, -0.2) is 55.9 Å². The molecule has 112 valence electrons. The van der Waals surface area contributed by atoms with Gasteiger partial charge in [-0.05, 0) is 25.1 Å². The lowest BCUT2D eigenvalue weighted by atomic mass is 10.1. The van der Waals surface area contributed by atoms with Crippen LogP contribution in [0.1, 0.15) is 17.3 Å². The van der Waals surface area contributed by atoms with E-state index in [4.69, 9.17) is 15.2 Å². The van der Waals surface area contributed by atoms with E-state index in [2.05, 4.69) is 0 Å². The first-order valence-electron chi connectivity index (χ1n) is 6.38. The summed E-state index contributed by atoms with van der Waals surface area (Å²) in [6.07, 6.45) is 0. The van der Waals surface area contributed by atoms with Gasteiger partial charge < -0.3 is 25.2 Å². The van der Waals surface area contributed by atoms with Crippen molar-refractivity contribution in [3.8, 4) is 5.75 Å². The number of ether oxygens (including phenoxy) is 2. The Kier molecular flexibility index (Phi) is 6.27. The fourth-order valence-corrected chi connectivity index (χ4v) is 1.89. The maximum Gasteiger partial charge on any atom is 0.254 e. The molecule has 6 nitrogen and oxygen atoms in total. The molecule has 0 aliphatic rings. The molecular weight excluding hydrogens is 260 g/mol. The molecule has 1 aromatic rings. The Morgan fingerprint density at radius 2 is 2.10 bits per heavy atom. The van der Waals surface area contributed by atoms with Gasteiger partial charge in [-0.2, -0.15) is 0 Å². The van der Waals surface area contributed by atoms with Crippen LogP contribution in [0.15, 0.2) is 18.2 Å². The lowest BCUT2D eigenvalue weighted by molar-refractivity contribution is 0.0479. The van der Waals surface area contributed by atoms with E-state index in [-0.39, 0.29) is 23.4 Å². The number of nitrogens with two attached hydrogens (primary N) is 1. The van der Waals surface area contributed by atoms with Crippen molar-refractivity contribution >= 4 is 11.6 Å². The summed E-state index contributed by atoms with van der Waals surface area (Å²) in [7, 11) is 3.17. The number of hydrogen-bond acceptors (Lipinski definition) is 5. The van der Waals surface area contributed by atoms with Crippen LogP contribution in [-0.2, 0) is 9.47 Å². The number of phenols is 1. The summed E-state index contributed by atoms with van der Waals surface area (Å²) in [6, 6.07) is 4.38. The second-order valence-corrected chi connectivity index (χ2v) is 4.57. The van der Waals surface area contributed by atoms with Gasteiger partial charge in [-0.25, -0.2) is 0 Å². The van der Waals surface area contributed by atoms with Crippen LogP contribution in [0.3, 0.4) is 0 Å². The number of hydrogen-bond donors (Lipinski definition) is 2. The van der Waals surface area contributed by atoms with Crippen LogP contribution < -0.4 is 5.73 Å². The van der Waals surface area contributed by atoms with Crippen LogP contribution in [0.4, 0.5) is 5.69 Å². The van der Waals surface area contributed by atoms with Crippen LogP contribution >= 0.6 is 0 Å². The average Bonchev–Trinajstić information content (AvgIpc) is 2.42. The molecule has 1 rings (SSSR count). The highest BCUT2D eigenvalue weighted by atomic mass is 16.5. The molecule has 0 saturated heterocycles. The Bertz CT molecular complexity index is 451. The van der Waals surface area contributed by atoms with Crippen molar-refractivity contribution in [3.05, 3.63) is 23.8 Å². The Hall–Kier alpha value is -1.79. The lowest BCUT2D eigenvalue weighted by Gasteiger charge is -2.28. The molecule has 0 aliphatic carbocycles. The number of carbonyl (C=O) groups is 1. The zero-order chi connectivity index (χ0) is 15.1. The number of carbonyl (C=O) groups excluding carboxylic acids is 1. The van der Waals surface area contributed by atoms with Gasteiger partial charge >= 0.3 is 0 Å². The second-order valence-electron chi connectivity index (χ2n) is 4.57. The third-order valence-electron chi connectivity index (χ3n) is 3.01. The van der Waals surface area contributed by atoms with Crippen molar-refractivity contribution in [2.24, 2.45) is 0 Å².